The Balaban J connectivity index is 0.00000242. The standard InChI is InChI=1S/C16H27N3OS.2ClH/c1-13-6-9-19(10-7-13)14(15-4-3-11-21-15)12-18-16(20)5-8-17-2;;/h3-4,11,13-14,17H,5-10,12H2,1-2H3,(H,18,20);2*1H. The van der Waals surface area contributed by atoms with Gasteiger partial charge in [0.25, 0.3) is 0 Å². The molecular formula is C16H29Cl2N3OS. The van der Waals surface area contributed by atoms with Crippen LogP contribution in [-0.4, -0.2) is 44.0 Å². The quantitative estimate of drug-likeness (QED) is 0.762. The molecule has 1 aromatic rings. The molecule has 1 amide bonds. The van der Waals surface area contributed by atoms with Crippen molar-refractivity contribution in [3.05, 3.63) is 22.4 Å². The van der Waals surface area contributed by atoms with Gasteiger partial charge >= 0.3 is 0 Å². The van der Waals surface area contributed by atoms with Crippen LogP contribution in [0.3, 0.4) is 0 Å². The lowest BCUT2D eigenvalue weighted by Gasteiger charge is -2.36. The molecule has 7 heteroatoms. The predicted octanol–water partition coefficient (Wildman–Crippen LogP) is 3.09. The normalized spacial score (nSPS) is 17.0. The molecule has 2 N–H and O–H groups in total. The summed E-state index contributed by atoms with van der Waals surface area (Å²) in [6, 6.07) is 4.62. The van der Waals surface area contributed by atoms with Gasteiger partial charge in [0.1, 0.15) is 0 Å². The lowest BCUT2D eigenvalue weighted by Crippen LogP contribution is -2.41. The third-order valence-corrected chi connectivity index (χ3v) is 5.20. The van der Waals surface area contributed by atoms with Crippen LogP contribution in [-0.2, 0) is 4.79 Å². The Morgan fingerprint density at radius 3 is 2.65 bits per heavy atom. The zero-order valence-corrected chi connectivity index (χ0v) is 16.4. The fraction of sp³-hybridized carbons (Fsp3) is 0.688. The van der Waals surface area contributed by atoms with E-state index in [1.807, 2.05) is 7.05 Å². The Hall–Kier alpha value is -0.330. The molecule has 0 saturated carbocycles. The van der Waals surface area contributed by atoms with Crippen LogP contribution >= 0.6 is 36.2 Å². The van der Waals surface area contributed by atoms with Gasteiger partial charge in [-0.1, -0.05) is 13.0 Å². The van der Waals surface area contributed by atoms with Crippen LogP contribution in [0.1, 0.15) is 37.1 Å². The molecule has 1 aromatic heterocycles. The van der Waals surface area contributed by atoms with Gasteiger partial charge in [-0.2, -0.15) is 0 Å². The van der Waals surface area contributed by atoms with Crippen LogP contribution in [0.5, 0.6) is 0 Å². The predicted molar refractivity (Wildman–Crippen MR) is 103 cm³/mol. The molecule has 1 fully saturated rings. The summed E-state index contributed by atoms with van der Waals surface area (Å²) in [5.74, 6) is 0.965. The topological polar surface area (TPSA) is 44.4 Å². The number of likely N-dealkylation sites (tertiary alicyclic amines) is 1. The Labute approximate surface area is 156 Å². The first-order valence-corrected chi connectivity index (χ1v) is 8.77. The highest BCUT2D eigenvalue weighted by atomic mass is 35.5. The highest BCUT2D eigenvalue weighted by Crippen LogP contribution is 2.28. The van der Waals surface area contributed by atoms with Crippen molar-refractivity contribution >= 4 is 42.1 Å². The average Bonchev–Trinajstić information content (AvgIpc) is 3.01. The minimum absolute atomic E-state index is 0. The third-order valence-electron chi connectivity index (χ3n) is 4.23. The Morgan fingerprint density at radius 2 is 2.09 bits per heavy atom. The maximum absolute atomic E-state index is 11.8. The molecule has 0 aromatic carbocycles. The molecule has 1 unspecified atom stereocenters. The number of piperidine rings is 1. The van der Waals surface area contributed by atoms with Crippen molar-refractivity contribution < 1.29 is 4.79 Å². The zero-order chi connectivity index (χ0) is 15.1. The van der Waals surface area contributed by atoms with E-state index >= 15 is 0 Å². The van der Waals surface area contributed by atoms with Gasteiger partial charge in [0.05, 0.1) is 6.04 Å². The van der Waals surface area contributed by atoms with Gasteiger partial charge in [-0.05, 0) is 50.3 Å². The number of amides is 1. The number of nitrogens with one attached hydrogen (secondary N) is 2. The molecule has 2 heterocycles. The molecule has 4 nitrogen and oxygen atoms in total. The molecule has 134 valence electrons. The van der Waals surface area contributed by atoms with E-state index < -0.39 is 0 Å². The van der Waals surface area contributed by atoms with Crippen molar-refractivity contribution in [3.8, 4) is 0 Å². The molecule has 1 aliphatic heterocycles. The first-order chi connectivity index (χ1) is 10.2. The smallest absolute Gasteiger partial charge is 0.221 e. The van der Waals surface area contributed by atoms with E-state index in [9.17, 15) is 4.79 Å². The number of rotatable bonds is 7. The minimum atomic E-state index is 0. The Kier molecular flexibility index (Phi) is 11.9. The van der Waals surface area contributed by atoms with Crippen molar-refractivity contribution in [1.82, 2.24) is 15.5 Å². The van der Waals surface area contributed by atoms with Gasteiger partial charge in [-0.25, -0.2) is 0 Å². The van der Waals surface area contributed by atoms with Gasteiger partial charge < -0.3 is 10.6 Å². The molecule has 2 rings (SSSR count). The number of carbonyl (C=O) groups excluding carboxylic acids is 1. The first kappa shape index (κ1) is 22.7. The van der Waals surface area contributed by atoms with Crippen LogP contribution in [0, 0.1) is 5.92 Å². The van der Waals surface area contributed by atoms with Gasteiger partial charge in [0.15, 0.2) is 0 Å². The lowest BCUT2D eigenvalue weighted by molar-refractivity contribution is -0.121. The summed E-state index contributed by atoms with van der Waals surface area (Å²) in [5.41, 5.74) is 0. The molecule has 1 atom stereocenters. The highest BCUT2D eigenvalue weighted by molar-refractivity contribution is 7.10. The number of nitrogens with zero attached hydrogens (tertiary/aromatic N) is 1. The van der Waals surface area contributed by atoms with Crippen LogP contribution in [0.2, 0.25) is 0 Å². The summed E-state index contributed by atoms with van der Waals surface area (Å²) < 4.78 is 0. The second-order valence-corrected chi connectivity index (χ2v) is 6.89. The SMILES string of the molecule is CNCCC(=O)NCC(c1cccs1)N1CCC(C)CC1.Cl.Cl. The molecule has 0 spiro atoms. The van der Waals surface area contributed by atoms with Crippen LogP contribution in [0.15, 0.2) is 17.5 Å². The minimum Gasteiger partial charge on any atom is -0.354 e. The monoisotopic (exact) mass is 381 g/mol. The average molecular weight is 382 g/mol. The zero-order valence-electron chi connectivity index (χ0n) is 13.9. The van der Waals surface area contributed by atoms with Gasteiger partial charge in [-0.15, -0.1) is 36.2 Å². The van der Waals surface area contributed by atoms with Crippen molar-refractivity contribution in [2.45, 2.75) is 32.2 Å². The van der Waals surface area contributed by atoms with Gasteiger partial charge in [-0.3, -0.25) is 9.69 Å². The number of hydrogen-bond donors (Lipinski definition) is 2. The van der Waals surface area contributed by atoms with Crippen molar-refractivity contribution in [1.29, 1.82) is 0 Å². The number of hydrogen-bond acceptors (Lipinski definition) is 4. The summed E-state index contributed by atoms with van der Waals surface area (Å²) in [5, 5.41) is 8.24. The van der Waals surface area contributed by atoms with Crippen LogP contribution in [0.25, 0.3) is 0 Å². The summed E-state index contributed by atoms with van der Waals surface area (Å²) in [4.78, 5) is 15.7. The van der Waals surface area contributed by atoms with E-state index in [2.05, 4.69) is 40.0 Å². The van der Waals surface area contributed by atoms with E-state index in [0.717, 1.165) is 32.1 Å². The summed E-state index contributed by atoms with van der Waals surface area (Å²) in [6.07, 6.45) is 3.07. The second-order valence-electron chi connectivity index (χ2n) is 5.91. The molecule has 0 aliphatic carbocycles. The van der Waals surface area contributed by atoms with Gasteiger partial charge in [0.2, 0.25) is 5.91 Å². The molecule has 1 saturated heterocycles. The Morgan fingerprint density at radius 1 is 1.39 bits per heavy atom. The second kappa shape index (κ2) is 12.1. The maximum atomic E-state index is 11.8. The molecule has 1 aliphatic rings. The van der Waals surface area contributed by atoms with E-state index in [1.165, 1.54) is 17.7 Å². The molecular weight excluding hydrogens is 353 g/mol. The summed E-state index contributed by atoms with van der Waals surface area (Å²) >= 11 is 1.79. The van der Waals surface area contributed by atoms with Gasteiger partial charge in [0, 0.05) is 24.4 Å². The van der Waals surface area contributed by atoms with E-state index in [0.29, 0.717) is 12.5 Å². The number of carbonyl (C=O) groups is 1. The number of halogens is 2. The summed E-state index contributed by atoms with van der Waals surface area (Å²) in [6.45, 7) is 6.05. The first-order valence-electron chi connectivity index (χ1n) is 7.89. The number of thiophene rings is 1. The Bertz CT molecular complexity index is 423. The van der Waals surface area contributed by atoms with Crippen LogP contribution < -0.4 is 10.6 Å². The molecule has 0 radical (unpaired) electrons. The molecule has 23 heavy (non-hydrogen) atoms. The van der Waals surface area contributed by atoms with E-state index in [-0.39, 0.29) is 30.7 Å². The van der Waals surface area contributed by atoms with E-state index in [1.54, 1.807) is 11.3 Å². The molecule has 0 bridgehead atoms. The third kappa shape index (κ3) is 7.40. The van der Waals surface area contributed by atoms with E-state index in [4.69, 9.17) is 0 Å². The largest absolute Gasteiger partial charge is 0.354 e. The lowest BCUT2D eigenvalue weighted by atomic mass is 9.97. The van der Waals surface area contributed by atoms with Crippen LogP contribution in [0.4, 0.5) is 0 Å². The van der Waals surface area contributed by atoms with Crippen molar-refractivity contribution in [3.63, 3.8) is 0 Å². The highest BCUT2D eigenvalue weighted by Gasteiger charge is 2.25. The maximum Gasteiger partial charge on any atom is 0.221 e. The summed E-state index contributed by atoms with van der Waals surface area (Å²) in [7, 11) is 1.87. The fourth-order valence-corrected chi connectivity index (χ4v) is 3.63. The van der Waals surface area contributed by atoms with Crippen molar-refractivity contribution in [2.75, 3.05) is 33.2 Å². The fourth-order valence-electron chi connectivity index (χ4n) is 2.77. The van der Waals surface area contributed by atoms with Crippen molar-refractivity contribution in [2.24, 2.45) is 5.92 Å².